The Balaban J connectivity index is 2.11. The largest absolute Gasteiger partial charge is 0.369 e. The molecular weight excluding hydrogens is 196 g/mol. The molecule has 1 saturated carbocycles. The molecule has 0 radical (unpaired) electrons. The monoisotopic (exact) mass is 218 g/mol. The van der Waals surface area contributed by atoms with Crippen LogP contribution in [0.5, 0.6) is 0 Å². The highest BCUT2D eigenvalue weighted by molar-refractivity contribution is 5.50. The van der Waals surface area contributed by atoms with Crippen LogP contribution in [0, 0.1) is 0 Å². The minimum Gasteiger partial charge on any atom is -0.369 e. The van der Waals surface area contributed by atoms with E-state index < -0.39 is 0 Å². The van der Waals surface area contributed by atoms with E-state index in [2.05, 4.69) is 43.0 Å². The Labute approximate surface area is 98.4 Å². The van der Waals surface area contributed by atoms with Crippen molar-refractivity contribution in [3.8, 4) is 0 Å². The number of anilines is 1. The van der Waals surface area contributed by atoms with Gasteiger partial charge < -0.3 is 10.6 Å². The van der Waals surface area contributed by atoms with Gasteiger partial charge in [-0.2, -0.15) is 0 Å². The van der Waals surface area contributed by atoms with Gasteiger partial charge in [0.15, 0.2) is 0 Å². The normalized spacial score (nSPS) is 17.2. The molecule has 0 saturated heterocycles. The lowest BCUT2D eigenvalue weighted by atomic mass is 10.1. The van der Waals surface area contributed by atoms with Crippen LogP contribution < -0.4 is 10.6 Å². The predicted octanol–water partition coefficient (Wildman–Crippen LogP) is 3.09. The molecule has 1 aliphatic carbocycles. The van der Waals surface area contributed by atoms with Gasteiger partial charge in [0.1, 0.15) is 0 Å². The van der Waals surface area contributed by atoms with Crippen LogP contribution in [-0.4, -0.2) is 12.6 Å². The molecule has 0 heterocycles. The fourth-order valence-corrected chi connectivity index (χ4v) is 2.19. The number of rotatable bonds is 5. The van der Waals surface area contributed by atoms with Crippen molar-refractivity contribution in [2.24, 2.45) is 5.73 Å². The molecule has 0 aliphatic heterocycles. The van der Waals surface area contributed by atoms with Gasteiger partial charge in [-0.05, 0) is 43.9 Å². The average molecular weight is 218 g/mol. The first-order valence-electron chi connectivity index (χ1n) is 6.38. The maximum Gasteiger partial charge on any atom is 0.0368 e. The zero-order valence-electron chi connectivity index (χ0n) is 10.3. The third-order valence-corrected chi connectivity index (χ3v) is 3.42. The van der Waals surface area contributed by atoms with Crippen LogP contribution >= 0.6 is 0 Å². The lowest BCUT2D eigenvalue weighted by molar-refractivity contribution is 0.698. The number of hydrogen-bond donors (Lipinski definition) is 1. The first kappa shape index (κ1) is 11.5. The van der Waals surface area contributed by atoms with E-state index in [0.29, 0.717) is 0 Å². The summed E-state index contributed by atoms with van der Waals surface area (Å²) in [4.78, 5) is 2.49. The molecule has 1 aliphatic rings. The SMILES string of the molecule is CC[C@@H](N)c1ccc(N(CC)C2CC2)cc1. The van der Waals surface area contributed by atoms with Crippen molar-refractivity contribution in [1.29, 1.82) is 0 Å². The summed E-state index contributed by atoms with van der Waals surface area (Å²) in [5, 5.41) is 0. The molecule has 2 rings (SSSR count). The van der Waals surface area contributed by atoms with Crippen LogP contribution in [0.25, 0.3) is 0 Å². The van der Waals surface area contributed by atoms with Gasteiger partial charge in [0, 0.05) is 24.3 Å². The number of benzene rings is 1. The molecule has 1 aromatic carbocycles. The van der Waals surface area contributed by atoms with Gasteiger partial charge in [0.05, 0.1) is 0 Å². The van der Waals surface area contributed by atoms with E-state index >= 15 is 0 Å². The summed E-state index contributed by atoms with van der Waals surface area (Å²) in [6.07, 6.45) is 3.70. The highest BCUT2D eigenvalue weighted by atomic mass is 15.2. The van der Waals surface area contributed by atoms with Gasteiger partial charge in [-0.3, -0.25) is 0 Å². The predicted molar refractivity (Wildman–Crippen MR) is 69.7 cm³/mol. The third-order valence-electron chi connectivity index (χ3n) is 3.42. The van der Waals surface area contributed by atoms with Crippen LogP contribution in [0.1, 0.15) is 44.7 Å². The number of hydrogen-bond acceptors (Lipinski definition) is 2. The average Bonchev–Trinajstić information content (AvgIpc) is 3.14. The molecule has 0 spiro atoms. The molecule has 88 valence electrons. The first-order valence-corrected chi connectivity index (χ1v) is 6.38. The second kappa shape index (κ2) is 4.88. The Morgan fingerprint density at radius 3 is 2.31 bits per heavy atom. The standard InChI is InChI=1S/C14H22N2/c1-3-14(15)11-5-7-12(8-6-11)16(4-2)13-9-10-13/h5-8,13-14H,3-4,9-10,15H2,1-2H3/t14-/m1/s1. The lowest BCUT2D eigenvalue weighted by Gasteiger charge is -2.23. The van der Waals surface area contributed by atoms with E-state index in [4.69, 9.17) is 5.73 Å². The van der Waals surface area contributed by atoms with Crippen molar-refractivity contribution in [3.63, 3.8) is 0 Å². The Bertz CT molecular complexity index is 327. The Kier molecular flexibility index (Phi) is 3.49. The van der Waals surface area contributed by atoms with Crippen molar-refractivity contribution in [3.05, 3.63) is 29.8 Å². The van der Waals surface area contributed by atoms with Crippen molar-refractivity contribution in [2.45, 2.75) is 45.2 Å². The van der Waals surface area contributed by atoms with E-state index in [-0.39, 0.29) is 6.04 Å². The maximum atomic E-state index is 6.01. The highest BCUT2D eigenvalue weighted by Gasteiger charge is 2.27. The van der Waals surface area contributed by atoms with E-state index in [0.717, 1.165) is 19.0 Å². The van der Waals surface area contributed by atoms with Crippen LogP contribution in [0.2, 0.25) is 0 Å². The summed E-state index contributed by atoms with van der Waals surface area (Å²) >= 11 is 0. The molecule has 16 heavy (non-hydrogen) atoms. The topological polar surface area (TPSA) is 29.3 Å². The smallest absolute Gasteiger partial charge is 0.0368 e. The Morgan fingerprint density at radius 2 is 1.88 bits per heavy atom. The zero-order valence-corrected chi connectivity index (χ0v) is 10.3. The molecule has 1 atom stereocenters. The van der Waals surface area contributed by atoms with E-state index in [1.54, 1.807) is 0 Å². The highest BCUT2D eigenvalue weighted by Crippen LogP contribution is 2.31. The van der Waals surface area contributed by atoms with E-state index in [1.807, 2.05) is 0 Å². The summed E-state index contributed by atoms with van der Waals surface area (Å²) < 4.78 is 0. The quantitative estimate of drug-likeness (QED) is 0.823. The van der Waals surface area contributed by atoms with Gasteiger partial charge in [-0.15, -0.1) is 0 Å². The fourth-order valence-electron chi connectivity index (χ4n) is 2.19. The minimum atomic E-state index is 0.185. The minimum absolute atomic E-state index is 0.185. The molecule has 0 aromatic heterocycles. The van der Waals surface area contributed by atoms with Crippen molar-refractivity contribution in [1.82, 2.24) is 0 Å². The molecule has 0 amide bonds. The summed E-state index contributed by atoms with van der Waals surface area (Å²) in [5.74, 6) is 0. The van der Waals surface area contributed by atoms with Gasteiger partial charge >= 0.3 is 0 Å². The van der Waals surface area contributed by atoms with E-state index in [9.17, 15) is 0 Å². The summed E-state index contributed by atoms with van der Waals surface area (Å²) in [5.41, 5.74) is 8.60. The van der Waals surface area contributed by atoms with Crippen LogP contribution in [0.15, 0.2) is 24.3 Å². The van der Waals surface area contributed by atoms with Crippen LogP contribution in [-0.2, 0) is 0 Å². The van der Waals surface area contributed by atoms with Crippen molar-refractivity contribution >= 4 is 5.69 Å². The molecule has 0 unspecified atom stereocenters. The van der Waals surface area contributed by atoms with Gasteiger partial charge in [0.25, 0.3) is 0 Å². The Hall–Kier alpha value is -1.02. The maximum absolute atomic E-state index is 6.01. The molecule has 1 fully saturated rings. The van der Waals surface area contributed by atoms with Crippen molar-refractivity contribution < 1.29 is 0 Å². The summed E-state index contributed by atoms with van der Waals surface area (Å²) in [6.45, 7) is 5.45. The molecule has 0 bridgehead atoms. The zero-order chi connectivity index (χ0) is 11.5. The molecule has 2 heteroatoms. The molecule has 2 N–H and O–H groups in total. The lowest BCUT2D eigenvalue weighted by Crippen LogP contribution is -2.24. The molecule has 2 nitrogen and oxygen atoms in total. The summed E-state index contributed by atoms with van der Waals surface area (Å²) in [7, 11) is 0. The number of nitrogens with two attached hydrogens (primary N) is 1. The van der Waals surface area contributed by atoms with Crippen LogP contribution in [0.3, 0.4) is 0 Å². The number of nitrogens with zero attached hydrogens (tertiary/aromatic N) is 1. The van der Waals surface area contributed by atoms with E-state index in [1.165, 1.54) is 24.1 Å². The molecule has 1 aromatic rings. The van der Waals surface area contributed by atoms with Gasteiger partial charge in [0.2, 0.25) is 0 Å². The van der Waals surface area contributed by atoms with Crippen molar-refractivity contribution in [2.75, 3.05) is 11.4 Å². The fraction of sp³-hybridized carbons (Fsp3) is 0.571. The second-order valence-corrected chi connectivity index (χ2v) is 4.62. The van der Waals surface area contributed by atoms with Gasteiger partial charge in [-0.25, -0.2) is 0 Å². The molecular formula is C14H22N2. The Morgan fingerprint density at radius 1 is 1.25 bits per heavy atom. The first-order chi connectivity index (χ1) is 7.76. The second-order valence-electron chi connectivity index (χ2n) is 4.62. The van der Waals surface area contributed by atoms with Gasteiger partial charge in [-0.1, -0.05) is 19.1 Å². The van der Waals surface area contributed by atoms with Crippen LogP contribution in [0.4, 0.5) is 5.69 Å². The third kappa shape index (κ3) is 2.38. The summed E-state index contributed by atoms with van der Waals surface area (Å²) in [6, 6.07) is 9.75.